The Labute approximate surface area is 155 Å². The quantitative estimate of drug-likeness (QED) is 0.694. The van der Waals surface area contributed by atoms with Gasteiger partial charge < -0.3 is 5.11 Å². The number of aliphatic hydroxyl groups is 1. The monoisotopic (exact) mass is 391 g/mol. The Balaban J connectivity index is 2.09. The zero-order valence-electron chi connectivity index (χ0n) is 14.0. The Morgan fingerprint density at radius 3 is 2.19 bits per heavy atom. The standard InChI is InChI=1S/C19H18FNO3S2/c1-12(22)10-16-11-18(13-4-8-17(9-5-13)26(21,23)24)19(25-16)14-2-6-15(20)7-3-14/h2-9,11-12,22H,10H2,1H3,(H2,21,23,24). The molecular formula is C19H18FNO3S2. The van der Waals surface area contributed by atoms with Gasteiger partial charge in [-0.25, -0.2) is 17.9 Å². The van der Waals surface area contributed by atoms with E-state index in [1.165, 1.54) is 35.6 Å². The summed E-state index contributed by atoms with van der Waals surface area (Å²) in [6.45, 7) is 1.72. The zero-order valence-corrected chi connectivity index (χ0v) is 15.6. The van der Waals surface area contributed by atoms with Gasteiger partial charge in [0.25, 0.3) is 0 Å². The molecule has 26 heavy (non-hydrogen) atoms. The number of rotatable bonds is 5. The first-order valence-electron chi connectivity index (χ1n) is 7.94. The molecular weight excluding hydrogens is 373 g/mol. The molecule has 2 aromatic carbocycles. The number of benzene rings is 2. The normalized spacial score (nSPS) is 12.9. The second-order valence-corrected chi connectivity index (χ2v) is 8.78. The summed E-state index contributed by atoms with van der Waals surface area (Å²) < 4.78 is 36.1. The van der Waals surface area contributed by atoms with E-state index in [0.717, 1.165) is 26.4 Å². The maximum absolute atomic E-state index is 13.3. The molecule has 0 saturated heterocycles. The molecule has 7 heteroatoms. The number of aliphatic hydroxyl groups excluding tert-OH is 1. The molecule has 0 amide bonds. The summed E-state index contributed by atoms with van der Waals surface area (Å²) in [5.41, 5.74) is 2.59. The zero-order chi connectivity index (χ0) is 18.9. The van der Waals surface area contributed by atoms with Crippen molar-refractivity contribution in [3.05, 3.63) is 65.3 Å². The lowest BCUT2D eigenvalue weighted by Gasteiger charge is -2.06. The van der Waals surface area contributed by atoms with Gasteiger partial charge in [0.15, 0.2) is 0 Å². The Bertz CT molecular complexity index is 1010. The van der Waals surface area contributed by atoms with Crippen LogP contribution in [0.15, 0.2) is 59.5 Å². The van der Waals surface area contributed by atoms with Gasteiger partial charge in [0, 0.05) is 21.7 Å². The van der Waals surface area contributed by atoms with Crippen LogP contribution in [0.25, 0.3) is 21.6 Å². The molecule has 1 unspecified atom stereocenters. The van der Waals surface area contributed by atoms with E-state index in [0.29, 0.717) is 6.42 Å². The van der Waals surface area contributed by atoms with Crippen molar-refractivity contribution >= 4 is 21.4 Å². The fourth-order valence-corrected chi connectivity index (χ4v) is 4.51. The number of hydrogen-bond donors (Lipinski definition) is 2. The Morgan fingerprint density at radius 2 is 1.65 bits per heavy atom. The van der Waals surface area contributed by atoms with Crippen molar-refractivity contribution in [2.75, 3.05) is 0 Å². The molecule has 136 valence electrons. The number of nitrogens with two attached hydrogens (primary N) is 1. The fraction of sp³-hybridized carbons (Fsp3) is 0.158. The molecule has 3 aromatic rings. The van der Waals surface area contributed by atoms with E-state index in [1.54, 1.807) is 31.2 Å². The van der Waals surface area contributed by atoms with Gasteiger partial charge in [-0.3, -0.25) is 0 Å². The second-order valence-electron chi connectivity index (χ2n) is 6.08. The smallest absolute Gasteiger partial charge is 0.238 e. The highest BCUT2D eigenvalue weighted by molar-refractivity contribution is 7.89. The van der Waals surface area contributed by atoms with E-state index in [9.17, 15) is 17.9 Å². The summed E-state index contributed by atoms with van der Waals surface area (Å²) in [6, 6.07) is 14.5. The number of sulfonamides is 1. The van der Waals surface area contributed by atoms with Crippen molar-refractivity contribution in [3.63, 3.8) is 0 Å². The van der Waals surface area contributed by atoms with Gasteiger partial charge in [0.1, 0.15) is 5.82 Å². The first-order valence-corrected chi connectivity index (χ1v) is 10.3. The number of thiophene rings is 1. The van der Waals surface area contributed by atoms with Crippen molar-refractivity contribution < 1.29 is 17.9 Å². The number of primary sulfonamides is 1. The van der Waals surface area contributed by atoms with Crippen LogP contribution in [0.3, 0.4) is 0 Å². The average Bonchev–Trinajstić information content (AvgIpc) is 2.98. The molecule has 3 N–H and O–H groups in total. The van der Waals surface area contributed by atoms with Crippen LogP contribution >= 0.6 is 11.3 Å². The minimum Gasteiger partial charge on any atom is -0.393 e. The van der Waals surface area contributed by atoms with E-state index in [-0.39, 0.29) is 10.7 Å². The van der Waals surface area contributed by atoms with Crippen LogP contribution in [0.5, 0.6) is 0 Å². The molecule has 3 rings (SSSR count). The summed E-state index contributed by atoms with van der Waals surface area (Å²) in [6.07, 6.45) is 0.0287. The van der Waals surface area contributed by atoms with Crippen molar-refractivity contribution in [1.82, 2.24) is 0 Å². The maximum Gasteiger partial charge on any atom is 0.238 e. The van der Waals surface area contributed by atoms with Crippen LogP contribution in [-0.2, 0) is 16.4 Å². The third kappa shape index (κ3) is 4.19. The highest BCUT2D eigenvalue weighted by Crippen LogP contribution is 2.40. The summed E-state index contributed by atoms with van der Waals surface area (Å²) >= 11 is 1.53. The molecule has 1 heterocycles. The Morgan fingerprint density at radius 1 is 1.08 bits per heavy atom. The van der Waals surface area contributed by atoms with Crippen molar-refractivity contribution in [2.24, 2.45) is 5.14 Å². The SMILES string of the molecule is CC(O)Cc1cc(-c2ccc(S(N)(=O)=O)cc2)c(-c2ccc(F)cc2)s1. The van der Waals surface area contributed by atoms with Crippen LogP contribution in [0.4, 0.5) is 4.39 Å². The minimum absolute atomic E-state index is 0.0454. The highest BCUT2D eigenvalue weighted by Gasteiger charge is 2.15. The summed E-state index contributed by atoms with van der Waals surface area (Å²) in [5, 5.41) is 14.8. The lowest BCUT2D eigenvalue weighted by Crippen LogP contribution is -2.11. The maximum atomic E-state index is 13.3. The first kappa shape index (κ1) is 18.7. The third-order valence-corrected chi connectivity index (χ3v) is 6.02. The van der Waals surface area contributed by atoms with Gasteiger partial charge in [-0.05, 0) is 48.4 Å². The lowest BCUT2D eigenvalue weighted by atomic mass is 10.0. The molecule has 0 aliphatic heterocycles. The molecule has 0 spiro atoms. The van der Waals surface area contributed by atoms with E-state index in [2.05, 4.69) is 0 Å². The fourth-order valence-electron chi connectivity index (χ4n) is 2.69. The van der Waals surface area contributed by atoms with Crippen molar-refractivity contribution in [2.45, 2.75) is 24.3 Å². The molecule has 0 aliphatic rings. The molecule has 4 nitrogen and oxygen atoms in total. The van der Waals surface area contributed by atoms with Gasteiger partial charge in [0.05, 0.1) is 11.0 Å². The minimum atomic E-state index is -3.75. The summed E-state index contributed by atoms with van der Waals surface area (Å²) in [5.74, 6) is -0.312. The summed E-state index contributed by atoms with van der Waals surface area (Å²) in [4.78, 5) is 1.97. The first-order chi connectivity index (χ1) is 12.2. The Hall–Kier alpha value is -2.06. The molecule has 0 aliphatic carbocycles. The lowest BCUT2D eigenvalue weighted by molar-refractivity contribution is 0.196. The van der Waals surface area contributed by atoms with Gasteiger partial charge >= 0.3 is 0 Å². The molecule has 0 saturated carbocycles. The van der Waals surface area contributed by atoms with Crippen LogP contribution in [0.1, 0.15) is 11.8 Å². The average molecular weight is 391 g/mol. The van der Waals surface area contributed by atoms with Crippen LogP contribution in [-0.4, -0.2) is 19.6 Å². The van der Waals surface area contributed by atoms with Gasteiger partial charge in [-0.15, -0.1) is 11.3 Å². The topological polar surface area (TPSA) is 80.4 Å². The highest BCUT2D eigenvalue weighted by atomic mass is 32.2. The Kier molecular flexibility index (Phi) is 5.24. The molecule has 1 atom stereocenters. The van der Waals surface area contributed by atoms with Crippen LogP contribution in [0.2, 0.25) is 0 Å². The molecule has 0 radical (unpaired) electrons. The number of hydrogen-bond acceptors (Lipinski definition) is 4. The van der Waals surface area contributed by atoms with Crippen LogP contribution in [0, 0.1) is 5.82 Å². The van der Waals surface area contributed by atoms with Gasteiger partial charge in [0.2, 0.25) is 10.0 Å². The van der Waals surface area contributed by atoms with E-state index >= 15 is 0 Å². The second kappa shape index (κ2) is 7.28. The van der Waals surface area contributed by atoms with Crippen molar-refractivity contribution in [1.29, 1.82) is 0 Å². The number of halogens is 1. The molecule has 0 fully saturated rings. The van der Waals surface area contributed by atoms with Gasteiger partial charge in [-0.1, -0.05) is 24.3 Å². The third-order valence-electron chi connectivity index (χ3n) is 3.88. The van der Waals surface area contributed by atoms with Crippen LogP contribution < -0.4 is 5.14 Å². The molecule has 1 aromatic heterocycles. The van der Waals surface area contributed by atoms with E-state index in [4.69, 9.17) is 5.14 Å². The van der Waals surface area contributed by atoms with Gasteiger partial charge in [-0.2, -0.15) is 0 Å². The van der Waals surface area contributed by atoms with E-state index in [1.807, 2.05) is 6.07 Å². The predicted octanol–water partition coefficient (Wildman–Crippen LogP) is 3.79. The summed E-state index contributed by atoms with van der Waals surface area (Å²) in [7, 11) is -3.75. The molecule has 0 bridgehead atoms. The van der Waals surface area contributed by atoms with E-state index < -0.39 is 16.1 Å². The van der Waals surface area contributed by atoms with Crippen molar-refractivity contribution in [3.8, 4) is 21.6 Å². The largest absolute Gasteiger partial charge is 0.393 e. The predicted molar refractivity (Wildman–Crippen MR) is 102 cm³/mol.